The van der Waals surface area contributed by atoms with Gasteiger partial charge in [0.15, 0.2) is 0 Å². The Hall–Kier alpha value is -1.79. The molecule has 2 aliphatic rings. The number of rotatable bonds is 4. The minimum Gasteiger partial charge on any atom is -0.373 e. The van der Waals surface area contributed by atoms with Crippen LogP contribution in [0.3, 0.4) is 0 Å². The van der Waals surface area contributed by atoms with Crippen molar-refractivity contribution >= 4 is 17.2 Å². The summed E-state index contributed by atoms with van der Waals surface area (Å²) in [6.07, 6.45) is 7.32. The van der Waals surface area contributed by atoms with Crippen molar-refractivity contribution in [2.75, 3.05) is 13.1 Å². The van der Waals surface area contributed by atoms with Gasteiger partial charge in [0.2, 0.25) is 0 Å². The van der Waals surface area contributed by atoms with Gasteiger partial charge in [-0.25, -0.2) is 4.98 Å². The summed E-state index contributed by atoms with van der Waals surface area (Å²) in [4.78, 5) is 23.2. The predicted molar refractivity (Wildman–Crippen MR) is 96.4 cm³/mol. The van der Waals surface area contributed by atoms with Crippen molar-refractivity contribution in [3.63, 3.8) is 0 Å². The van der Waals surface area contributed by atoms with E-state index in [9.17, 15) is 4.79 Å². The van der Waals surface area contributed by atoms with Crippen molar-refractivity contribution in [1.82, 2.24) is 14.9 Å². The van der Waals surface area contributed by atoms with E-state index in [0.29, 0.717) is 24.1 Å². The molecular formula is C19H23N3O2S. The van der Waals surface area contributed by atoms with Gasteiger partial charge in [-0.3, -0.25) is 9.78 Å². The summed E-state index contributed by atoms with van der Waals surface area (Å²) in [5.74, 6) is 1.06. The lowest BCUT2D eigenvalue weighted by molar-refractivity contribution is -0.0293. The maximum Gasteiger partial charge on any atom is 0.273 e. The number of thiazole rings is 1. The van der Waals surface area contributed by atoms with Crippen molar-refractivity contribution in [3.8, 4) is 0 Å². The highest BCUT2D eigenvalue weighted by atomic mass is 32.1. The molecule has 2 aromatic heterocycles. The van der Waals surface area contributed by atoms with Gasteiger partial charge in [-0.2, -0.15) is 0 Å². The molecule has 0 radical (unpaired) electrons. The van der Waals surface area contributed by atoms with Crippen molar-refractivity contribution in [2.24, 2.45) is 11.8 Å². The SMILES string of the molecule is Cc1nc(C(=O)N2C[C@H]3CCCC(OCc4cccnc4)[C@H]3C2)cs1. The van der Waals surface area contributed by atoms with Gasteiger partial charge in [-0.05, 0) is 37.3 Å². The molecule has 3 heterocycles. The average Bonchev–Trinajstić information content (AvgIpc) is 3.26. The zero-order valence-electron chi connectivity index (χ0n) is 14.4. The maximum atomic E-state index is 12.7. The van der Waals surface area contributed by atoms with Crippen molar-refractivity contribution in [2.45, 2.75) is 38.9 Å². The molecule has 132 valence electrons. The average molecular weight is 357 g/mol. The monoisotopic (exact) mass is 357 g/mol. The number of aromatic nitrogens is 2. The molecular weight excluding hydrogens is 334 g/mol. The third kappa shape index (κ3) is 3.60. The number of pyridine rings is 1. The highest BCUT2D eigenvalue weighted by Crippen LogP contribution is 2.38. The zero-order valence-corrected chi connectivity index (χ0v) is 15.2. The highest BCUT2D eigenvalue weighted by molar-refractivity contribution is 7.09. The van der Waals surface area contributed by atoms with Gasteiger partial charge in [0.25, 0.3) is 5.91 Å². The summed E-state index contributed by atoms with van der Waals surface area (Å²) in [6.45, 7) is 4.17. The molecule has 6 heteroatoms. The number of hydrogen-bond donors (Lipinski definition) is 0. The van der Waals surface area contributed by atoms with Crippen LogP contribution in [0.25, 0.3) is 0 Å². The number of ether oxygens (including phenoxy) is 1. The first-order valence-corrected chi connectivity index (χ1v) is 9.80. The van der Waals surface area contributed by atoms with Gasteiger partial charge in [0, 0.05) is 36.8 Å². The summed E-state index contributed by atoms with van der Waals surface area (Å²) in [7, 11) is 0. The largest absolute Gasteiger partial charge is 0.373 e. The Balaban J connectivity index is 1.40. The molecule has 0 spiro atoms. The minimum atomic E-state index is 0.0739. The lowest BCUT2D eigenvalue weighted by Gasteiger charge is -2.32. The highest BCUT2D eigenvalue weighted by Gasteiger charge is 2.42. The Bertz CT molecular complexity index is 733. The smallest absolute Gasteiger partial charge is 0.273 e. The van der Waals surface area contributed by atoms with Crippen LogP contribution >= 0.6 is 11.3 Å². The van der Waals surface area contributed by atoms with Gasteiger partial charge in [0.05, 0.1) is 17.7 Å². The van der Waals surface area contributed by atoms with E-state index >= 15 is 0 Å². The van der Waals surface area contributed by atoms with Gasteiger partial charge in [-0.1, -0.05) is 12.5 Å². The van der Waals surface area contributed by atoms with Crippen LogP contribution in [0.15, 0.2) is 29.9 Å². The van der Waals surface area contributed by atoms with E-state index in [1.807, 2.05) is 35.5 Å². The Morgan fingerprint density at radius 3 is 3.08 bits per heavy atom. The topological polar surface area (TPSA) is 55.3 Å². The summed E-state index contributed by atoms with van der Waals surface area (Å²) >= 11 is 1.53. The van der Waals surface area contributed by atoms with E-state index in [1.54, 1.807) is 6.20 Å². The number of hydrogen-bond acceptors (Lipinski definition) is 5. The second-order valence-corrected chi connectivity index (χ2v) is 8.09. The van der Waals surface area contributed by atoms with Crippen LogP contribution in [0, 0.1) is 18.8 Å². The van der Waals surface area contributed by atoms with Crippen LogP contribution < -0.4 is 0 Å². The molecule has 2 fully saturated rings. The molecule has 4 rings (SSSR count). The standard InChI is InChI=1S/C19H23N3O2S/c1-13-21-17(12-25-13)19(23)22-9-15-5-2-6-18(16(15)10-22)24-11-14-4-3-7-20-8-14/h3-4,7-8,12,15-16,18H,2,5-6,9-11H2,1H3/t15-,16+,18?/m1/s1. The second-order valence-electron chi connectivity index (χ2n) is 7.03. The Morgan fingerprint density at radius 1 is 1.40 bits per heavy atom. The second kappa shape index (κ2) is 7.22. The van der Waals surface area contributed by atoms with Crippen molar-refractivity contribution in [1.29, 1.82) is 0 Å². The van der Waals surface area contributed by atoms with E-state index < -0.39 is 0 Å². The summed E-state index contributed by atoms with van der Waals surface area (Å²) < 4.78 is 6.23. The molecule has 1 unspecified atom stereocenters. The van der Waals surface area contributed by atoms with Crippen LogP contribution in [0.2, 0.25) is 0 Å². The number of carbonyl (C=O) groups is 1. The van der Waals surface area contributed by atoms with E-state index in [0.717, 1.165) is 30.1 Å². The first-order valence-electron chi connectivity index (χ1n) is 8.92. The third-order valence-electron chi connectivity index (χ3n) is 5.34. The Morgan fingerprint density at radius 2 is 2.32 bits per heavy atom. The van der Waals surface area contributed by atoms with Crippen molar-refractivity contribution < 1.29 is 9.53 Å². The fourth-order valence-electron chi connectivity index (χ4n) is 4.10. The quantitative estimate of drug-likeness (QED) is 0.842. The summed E-state index contributed by atoms with van der Waals surface area (Å²) in [5.41, 5.74) is 1.70. The van der Waals surface area contributed by atoms with Crippen LogP contribution in [-0.4, -0.2) is 40.0 Å². The number of carbonyl (C=O) groups excluding carboxylic acids is 1. The molecule has 1 saturated carbocycles. The van der Waals surface area contributed by atoms with Crippen LogP contribution in [0.4, 0.5) is 0 Å². The third-order valence-corrected chi connectivity index (χ3v) is 6.12. The lowest BCUT2D eigenvalue weighted by Crippen LogP contribution is -2.34. The number of amides is 1. The zero-order chi connectivity index (χ0) is 17.2. The maximum absolute atomic E-state index is 12.7. The molecule has 1 aliphatic carbocycles. The van der Waals surface area contributed by atoms with Gasteiger partial charge in [0.1, 0.15) is 5.69 Å². The molecule has 3 atom stereocenters. The van der Waals surface area contributed by atoms with E-state index in [-0.39, 0.29) is 12.0 Å². The fourth-order valence-corrected chi connectivity index (χ4v) is 4.69. The molecule has 1 saturated heterocycles. The first-order chi connectivity index (χ1) is 12.2. The van der Waals surface area contributed by atoms with Crippen LogP contribution in [0.5, 0.6) is 0 Å². The first kappa shape index (κ1) is 16.7. The van der Waals surface area contributed by atoms with E-state index in [1.165, 1.54) is 24.2 Å². The Labute approximate surface area is 152 Å². The molecule has 25 heavy (non-hydrogen) atoms. The summed E-state index contributed by atoms with van der Waals surface area (Å²) in [5, 5.41) is 2.81. The number of nitrogens with zero attached hydrogens (tertiary/aromatic N) is 3. The molecule has 1 amide bonds. The predicted octanol–water partition coefficient (Wildman–Crippen LogP) is 3.30. The van der Waals surface area contributed by atoms with Gasteiger partial charge >= 0.3 is 0 Å². The molecule has 5 nitrogen and oxygen atoms in total. The van der Waals surface area contributed by atoms with Crippen LogP contribution in [0.1, 0.15) is 40.3 Å². The number of fused-ring (bicyclic) bond motifs is 1. The van der Waals surface area contributed by atoms with E-state index in [2.05, 4.69) is 9.97 Å². The molecule has 0 aromatic carbocycles. The Kier molecular flexibility index (Phi) is 4.81. The number of aryl methyl sites for hydroxylation is 1. The normalized spacial score (nSPS) is 25.8. The fraction of sp³-hybridized carbons (Fsp3) is 0.526. The van der Waals surface area contributed by atoms with Crippen molar-refractivity contribution in [3.05, 3.63) is 46.2 Å². The molecule has 0 bridgehead atoms. The van der Waals surface area contributed by atoms with E-state index in [4.69, 9.17) is 4.74 Å². The molecule has 2 aromatic rings. The minimum absolute atomic E-state index is 0.0739. The lowest BCUT2D eigenvalue weighted by atomic mass is 9.79. The van der Waals surface area contributed by atoms with Gasteiger partial charge < -0.3 is 9.64 Å². The summed E-state index contributed by atoms with van der Waals surface area (Å²) in [6, 6.07) is 3.98. The van der Waals surface area contributed by atoms with Gasteiger partial charge in [-0.15, -0.1) is 11.3 Å². The molecule has 1 aliphatic heterocycles. The van der Waals surface area contributed by atoms with Crippen LogP contribution in [-0.2, 0) is 11.3 Å². The number of likely N-dealkylation sites (tertiary alicyclic amines) is 1. The molecule has 0 N–H and O–H groups in total.